The maximum Gasteiger partial charge on any atom is 0.303 e. The van der Waals surface area contributed by atoms with Gasteiger partial charge in [-0.05, 0) is 73.5 Å². The standard InChI is InChI=1S/C25H35BrO6/c1-13(27)31-12-20(29)19-8-7-18-17-6-5-15-11-16(32-14(2)28)9-10-24(15,3)21(17)22(30)23(26)25(18,19)4/h15-19,21,23H,5-12H2,1-4H3/t15?,16?,17-,18-,19+,21+,23?,24-,25-/m0/s1. The molecule has 0 radical (unpaired) electrons. The fourth-order valence-electron chi connectivity index (χ4n) is 8.11. The van der Waals surface area contributed by atoms with Crippen LogP contribution in [-0.4, -0.2) is 41.0 Å². The van der Waals surface area contributed by atoms with Crippen molar-refractivity contribution in [2.24, 2.45) is 40.4 Å². The highest BCUT2D eigenvalue weighted by Crippen LogP contribution is 2.67. The normalized spacial score (nSPS) is 45.3. The predicted octanol–water partition coefficient (Wildman–Crippen LogP) is 4.26. The number of carbonyl (C=O) groups is 4. The van der Waals surface area contributed by atoms with Crippen LogP contribution in [0.2, 0.25) is 0 Å². The van der Waals surface area contributed by atoms with Crippen LogP contribution in [0, 0.1) is 40.4 Å². The molecule has 0 aliphatic heterocycles. The molecule has 32 heavy (non-hydrogen) atoms. The van der Waals surface area contributed by atoms with Crippen LogP contribution >= 0.6 is 15.9 Å². The average molecular weight is 511 g/mol. The molecule has 4 saturated carbocycles. The van der Waals surface area contributed by atoms with Gasteiger partial charge in [-0.25, -0.2) is 0 Å². The van der Waals surface area contributed by atoms with Crippen molar-refractivity contribution >= 4 is 39.4 Å². The zero-order chi connectivity index (χ0) is 23.4. The summed E-state index contributed by atoms with van der Waals surface area (Å²) >= 11 is 3.77. The number of Topliss-reactive ketones (excluding diaryl/α,β-unsaturated/α-hetero) is 2. The number of ketones is 2. The van der Waals surface area contributed by atoms with Gasteiger partial charge < -0.3 is 9.47 Å². The first kappa shape index (κ1) is 23.9. The Morgan fingerprint density at radius 2 is 1.75 bits per heavy atom. The van der Waals surface area contributed by atoms with Crippen LogP contribution in [0.3, 0.4) is 0 Å². The summed E-state index contributed by atoms with van der Waals surface area (Å²) in [5.74, 6) is 0.135. The zero-order valence-corrected chi connectivity index (χ0v) is 21.1. The lowest BCUT2D eigenvalue weighted by molar-refractivity contribution is -0.169. The van der Waals surface area contributed by atoms with Crippen LogP contribution < -0.4 is 0 Å². The largest absolute Gasteiger partial charge is 0.463 e. The van der Waals surface area contributed by atoms with Gasteiger partial charge in [0.1, 0.15) is 12.7 Å². The lowest BCUT2D eigenvalue weighted by Crippen LogP contribution is -2.62. The van der Waals surface area contributed by atoms with Crippen LogP contribution in [-0.2, 0) is 28.7 Å². The molecule has 4 aliphatic carbocycles. The number of ether oxygens (including phenoxy) is 2. The first-order chi connectivity index (χ1) is 15.0. The summed E-state index contributed by atoms with van der Waals surface area (Å²) in [5.41, 5.74) is -0.544. The molecule has 0 aromatic rings. The first-order valence-corrected chi connectivity index (χ1v) is 12.9. The Bertz CT molecular complexity index is 825. The molecule has 0 aromatic carbocycles. The maximum atomic E-state index is 13.9. The summed E-state index contributed by atoms with van der Waals surface area (Å²) in [6.45, 7) is 6.94. The number of fused-ring (bicyclic) bond motifs is 5. The highest BCUT2D eigenvalue weighted by atomic mass is 79.9. The van der Waals surface area contributed by atoms with Gasteiger partial charge in [-0.15, -0.1) is 0 Å². The fraction of sp³-hybridized carbons (Fsp3) is 0.840. The van der Waals surface area contributed by atoms with Crippen molar-refractivity contribution < 1.29 is 28.7 Å². The van der Waals surface area contributed by atoms with Crippen LogP contribution in [0.4, 0.5) is 0 Å². The van der Waals surface area contributed by atoms with Gasteiger partial charge in [-0.1, -0.05) is 29.8 Å². The number of halogens is 1. The summed E-state index contributed by atoms with van der Waals surface area (Å²) in [6.07, 6.45) is 6.19. The predicted molar refractivity (Wildman–Crippen MR) is 121 cm³/mol. The smallest absolute Gasteiger partial charge is 0.303 e. The van der Waals surface area contributed by atoms with Crippen LogP contribution in [0.15, 0.2) is 0 Å². The molecular formula is C25H35BrO6. The molecule has 0 spiro atoms. The molecule has 4 aliphatic rings. The molecule has 0 N–H and O–H groups in total. The minimum absolute atomic E-state index is 0.0238. The van der Waals surface area contributed by atoms with Crippen molar-refractivity contribution in [3.63, 3.8) is 0 Å². The van der Waals surface area contributed by atoms with E-state index >= 15 is 0 Å². The van der Waals surface area contributed by atoms with E-state index in [1.165, 1.54) is 13.8 Å². The third-order valence-corrected chi connectivity index (χ3v) is 11.0. The van der Waals surface area contributed by atoms with Crippen LogP contribution in [0.1, 0.15) is 72.6 Å². The summed E-state index contributed by atoms with van der Waals surface area (Å²) in [4.78, 5) is 49.2. The summed E-state index contributed by atoms with van der Waals surface area (Å²) < 4.78 is 10.5. The Morgan fingerprint density at radius 1 is 1.03 bits per heavy atom. The van der Waals surface area contributed by atoms with E-state index in [2.05, 4.69) is 29.8 Å². The van der Waals surface area contributed by atoms with Crippen molar-refractivity contribution in [3.8, 4) is 0 Å². The van der Waals surface area contributed by atoms with Crippen molar-refractivity contribution in [3.05, 3.63) is 0 Å². The molecule has 0 aromatic heterocycles. The second-order valence-electron chi connectivity index (χ2n) is 11.0. The van der Waals surface area contributed by atoms with Gasteiger partial charge in [0, 0.05) is 25.7 Å². The van der Waals surface area contributed by atoms with Gasteiger partial charge >= 0.3 is 11.9 Å². The van der Waals surface area contributed by atoms with Gasteiger partial charge in [-0.2, -0.15) is 0 Å². The van der Waals surface area contributed by atoms with E-state index in [9.17, 15) is 19.2 Å². The summed E-state index contributed by atoms with van der Waals surface area (Å²) in [5, 5.41) is 0. The van der Waals surface area contributed by atoms with E-state index in [1.807, 2.05) is 0 Å². The lowest BCUT2D eigenvalue weighted by atomic mass is 9.44. The topological polar surface area (TPSA) is 86.7 Å². The van der Waals surface area contributed by atoms with E-state index in [-0.39, 0.29) is 58.2 Å². The van der Waals surface area contributed by atoms with E-state index in [1.54, 1.807) is 0 Å². The van der Waals surface area contributed by atoms with Gasteiger partial charge in [0.15, 0.2) is 11.6 Å². The second kappa shape index (κ2) is 8.52. The molecular weight excluding hydrogens is 476 g/mol. The highest BCUT2D eigenvalue weighted by Gasteiger charge is 2.67. The first-order valence-electron chi connectivity index (χ1n) is 12.0. The molecule has 4 fully saturated rings. The average Bonchev–Trinajstić information content (AvgIpc) is 3.08. The van der Waals surface area contributed by atoms with Crippen LogP contribution in [0.25, 0.3) is 0 Å². The quantitative estimate of drug-likeness (QED) is 0.414. The Morgan fingerprint density at radius 3 is 2.41 bits per heavy atom. The molecule has 7 heteroatoms. The molecule has 0 bridgehead atoms. The van der Waals surface area contributed by atoms with Crippen molar-refractivity contribution in [2.75, 3.05) is 6.61 Å². The maximum absolute atomic E-state index is 13.9. The van der Waals surface area contributed by atoms with Gasteiger partial charge in [0.05, 0.1) is 4.83 Å². The SMILES string of the molecule is CC(=O)OCC(=O)[C@H]1CC[C@H]2[C@@H]3CCC4CC(OC(C)=O)CC[C@]4(C)[C@H]3C(=O)C(Br)[C@]12C. The summed E-state index contributed by atoms with van der Waals surface area (Å²) in [6, 6.07) is 0. The number of hydrogen-bond acceptors (Lipinski definition) is 6. The molecule has 0 saturated heterocycles. The Labute approximate surface area is 198 Å². The Balaban J connectivity index is 1.58. The molecule has 3 unspecified atom stereocenters. The molecule has 6 nitrogen and oxygen atoms in total. The second-order valence-corrected chi connectivity index (χ2v) is 12.0. The summed E-state index contributed by atoms with van der Waals surface area (Å²) in [7, 11) is 0. The van der Waals surface area contributed by atoms with E-state index < -0.39 is 11.4 Å². The third kappa shape index (κ3) is 3.67. The number of rotatable bonds is 4. The highest BCUT2D eigenvalue weighted by molar-refractivity contribution is 9.10. The third-order valence-electron chi connectivity index (χ3n) is 9.55. The van der Waals surface area contributed by atoms with Gasteiger partial charge in [0.2, 0.25) is 0 Å². The monoisotopic (exact) mass is 510 g/mol. The van der Waals surface area contributed by atoms with Gasteiger partial charge in [-0.3, -0.25) is 19.2 Å². The Hall–Kier alpha value is -1.24. The van der Waals surface area contributed by atoms with Crippen molar-refractivity contribution in [2.45, 2.75) is 83.6 Å². The van der Waals surface area contributed by atoms with Gasteiger partial charge in [0.25, 0.3) is 0 Å². The molecule has 0 heterocycles. The number of alkyl halides is 1. The zero-order valence-electron chi connectivity index (χ0n) is 19.5. The van der Waals surface area contributed by atoms with Crippen molar-refractivity contribution in [1.82, 2.24) is 0 Å². The van der Waals surface area contributed by atoms with E-state index in [0.29, 0.717) is 11.8 Å². The lowest BCUT2D eigenvalue weighted by Gasteiger charge is -2.61. The number of esters is 2. The van der Waals surface area contributed by atoms with E-state index in [0.717, 1.165) is 44.9 Å². The number of carbonyl (C=O) groups excluding carboxylic acids is 4. The molecule has 4 rings (SSSR count). The van der Waals surface area contributed by atoms with Crippen molar-refractivity contribution in [1.29, 1.82) is 0 Å². The van der Waals surface area contributed by atoms with E-state index in [4.69, 9.17) is 9.47 Å². The molecule has 9 atom stereocenters. The Kier molecular flexibility index (Phi) is 6.36. The minimum Gasteiger partial charge on any atom is -0.463 e. The minimum atomic E-state index is -0.455. The fourth-order valence-corrected chi connectivity index (χ4v) is 9.05. The van der Waals surface area contributed by atoms with Crippen LogP contribution in [0.5, 0.6) is 0 Å². The molecule has 0 amide bonds. The molecule has 178 valence electrons. The number of hydrogen-bond donors (Lipinski definition) is 0.